The largest absolute Gasteiger partial charge is 0.497 e. The lowest BCUT2D eigenvalue weighted by Crippen LogP contribution is -2.04. The van der Waals surface area contributed by atoms with Crippen molar-refractivity contribution in [3.05, 3.63) is 59.7 Å². The molecule has 0 bridgehead atoms. The van der Waals surface area contributed by atoms with Crippen LogP contribution in [0.4, 0.5) is 0 Å². The predicted octanol–water partition coefficient (Wildman–Crippen LogP) is 3.62. The summed E-state index contributed by atoms with van der Waals surface area (Å²) in [5.74, 6) is 2.13. The molecule has 2 aromatic rings. The lowest BCUT2D eigenvalue weighted by molar-refractivity contribution is 0.263. The third kappa shape index (κ3) is 3.56. The van der Waals surface area contributed by atoms with Crippen LogP contribution in [0.3, 0.4) is 0 Å². The Bertz CT molecular complexity index is 570. The van der Waals surface area contributed by atoms with E-state index in [0.29, 0.717) is 18.6 Å². The van der Waals surface area contributed by atoms with Gasteiger partial charge < -0.3 is 14.2 Å². The van der Waals surface area contributed by atoms with Crippen LogP contribution < -0.4 is 9.47 Å². The maximum atomic E-state index is 5.66. The minimum absolute atomic E-state index is 0.294. The van der Waals surface area contributed by atoms with Gasteiger partial charge in [0.25, 0.3) is 0 Å². The maximum absolute atomic E-state index is 5.66. The predicted molar refractivity (Wildman–Crippen MR) is 82.2 cm³/mol. The van der Waals surface area contributed by atoms with E-state index in [-0.39, 0.29) is 0 Å². The van der Waals surface area contributed by atoms with E-state index in [2.05, 4.69) is 31.2 Å². The molecule has 0 saturated carbocycles. The Morgan fingerprint density at radius 2 is 1.52 bits per heavy atom. The van der Waals surface area contributed by atoms with Crippen LogP contribution >= 0.6 is 0 Å². The molecule has 3 rings (SSSR count). The number of ether oxygens (including phenoxy) is 3. The highest BCUT2D eigenvalue weighted by Crippen LogP contribution is 2.27. The summed E-state index contributed by atoms with van der Waals surface area (Å²) in [6.07, 6.45) is 0.294. The van der Waals surface area contributed by atoms with Crippen molar-refractivity contribution in [3.8, 4) is 11.5 Å². The molecule has 2 unspecified atom stereocenters. The normalized spacial score (nSPS) is 18.1. The molecular weight excluding hydrogens is 264 g/mol. The van der Waals surface area contributed by atoms with Crippen LogP contribution in [0.5, 0.6) is 11.5 Å². The number of benzene rings is 2. The first-order chi connectivity index (χ1) is 10.3. The first-order valence-corrected chi connectivity index (χ1v) is 7.24. The highest BCUT2D eigenvalue weighted by Gasteiger charge is 2.23. The number of hydrogen-bond donors (Lipinski definition) is 0. The molecule has 1 fully saturated rings. The average Bonchev–Trinajstić information content (AvgIpc) is 3.37. The maximum Gasteiger partial charge on any atom is 0.119 e. The quantitative estimate of drug-likeness (QED) is 0.759. The smallest absolute Gasteiger partial charge is 0.119 e. The molecule has 110 valence electrons. The second-order valence-corrected chi connectivity index (χ2v) is 5.33. The Hall–Kier alpha value is -2.00. The zero-order valence-corrected chi connectivity index (χ0v) is 12.4. The zero-order chi connectivity index (χ0) is 14.7. The van der Waals surface area contributed by atoms with Crippen molar-refractivity contribution in [1.82, 2.24) is 0 Å². The van der Waals surface area contributed by atoms with Crippen molar-refractivity contribution >= 4 is 0 Å². The van der Waals surface area contributed by atoms with Crippen LogP contribution in [0.1, 0.15) is 24.0 Å². The minimum Gasteiger partial charge on any atom is -0.497 e. The minimum atomic E-state index is 0.294. The Morgan fingerprint density at radius 1 is 1.00 bits per heavy atom. The number of methoxy groups -OCH3 is 1. The monoisotopic (exact) mass is 284 g/mol. The average molecular weight is 284 g/mol. The molecule has 0 aliphatic carbocycles. The summed E-state index contributed by atoms with van der Waals surface area (Å²) in [5, 5.41) is 0. The van der Waals surface area contributed by atoms with E-state index in [1.165, 1.54) is 11.1 Å². The van der Waals surface area contributed by atoms with Gasteiger partial charge in [0.1, 0.15) is 24.2 Å². The molecule has 2 aromatic carbocycles. The summed E-state index contributed by atoms with van der Waals surface area (Å²) in [5.41, 5.74) is 2.55. The van der Waals surface area contributed by atoms with E-state index in [4.69, 9.17) is 14.2 Å². The molecule has 0 spiro atoms. The molecule has 0 radical (unpaired) electrons. The topological polar surface area (TPSA) is 31.0 Å². The van der Waals surface area contributed by atoms with Gasteiger partial charge >= 0.3 is 0 Å². The van der Waals surface area contributed by atoms with Crippen LogP contribution in [0.15, 0.2) is 48.5 Å². The third-order valence-electron chi connectivity index (χ3n) is 3.83. The van der Waals surface area contributed by atoms with Crippen LogP contribution in [0, 0.1) is 0 Å². The molecule has 1 heterocycles. The van der Waals surface area contributed by atoms with Crippen molar-refractivity contribution in [1.29, 1.82) is 0 Å². The summed E-state index contributed by atoms with van der Waals surface area (Å²) in [4.78, 5) is 0. The molecule has 2 atom stereocenters. The molecule has 0 amide bonds. The Balaban J connectivity index is 1.66. The fourth-order valence-corrected chi connectivity index (χ4v) is 2.29. The highest BCUT2D eigenvalue weighted by atomic mass is 16.6. The number of hydrogen-bond acceptors (Lipinski definition) is 3. The van der Waals surface area contributed by atoms with E-state index < -0.39 is 0 Å². The highest BCUT2D eigenvalue weighted by molar-refractivity contribution is 5.37. The molecule has 1 aliphatic rings. The summed E-state index contributed by atoms with van der Waals surface area (Å²) in [6, 6.07) is 16.5. The Kier molecular flexibility index (Phi) is 4.11. The molecule has 1 aliphatic heterocycles. The van der Waals surface area contributed by atoms with Crippen molar-refractivity contribution in [2.45, 2.75) is 18.9 Å². The summed E-state index contributed by atoms with van der Waals surface area (Å²) >= 11 is 0. The molecule has 0 aromatic heterocycles. The van der Waals surface area contributed by atoms with E-state index in [1.54, 1.807) is 7.11 Å². The standard InChI is InChI=1S/C18H20O3/c1-13(14-3-7-16(19-2)8-4-14)15-5-9-17(10-6-15)20-11-18-12-21-18/h3-10,13,18H,11-12H2,1-2H3. The van der Waals surface area contributed by atoms with Gasteiger partial charge in [-0.1, -0.05) is 31.2 Å². The molecule has 1 saturated heterocycles. The second-order valence-electron chi connectivity index (χ2n) is 5.33. The van der Waals surface area contributed by atoms with Gasteiger partial charge in [-0.2, -0.15) is 0 Å². The molecule has 3 nitrogen and oxygen atoms in total. The molecule has 21 heavy (non-hydrogen) atoms. The van der Waals surface area contributed by atoms with Crippen LogP contribution in [0.2, 0.25) is 0 Å². The number of epoxide rings is 1. The molecular formula is C18H20O3. The van der Waals surface area contributed by atoms with E-state index in [9.17, 15) is 0 Å². The first-order valence-electron chi connectivity index (χ1n) is 7.24. The van der Waals surface area contributed by atoms with Crippen LogP contribution in [-0.4, -0.2) is 26.4 Å². The fourth-order valence-electron chi connectivity index (χ4n) is 2.29. The molecule has 3 heteroatoms. The van der Waals surface area contributed by atoms with Crippen LogP contribution in [-0.2, 0) is 4.74 Å². The van der Waals surface area contributed by atoms with Gasteiger partial charge in [-0.25, -0.2) is 0 Å². The van der Waals surface area contributed by atoms with Gasteiger partial charge in [0.05, 0.1) is 13.7 Å². The lowest BCUT2D eigenvalue weighted by Gasteiger charge is -2.14. The van der Waals surface area contributed by atoms with Gasteiger partial charge in [0.15, 0.2) is 0 Å². The van der Waals surface area contributed by atoms with Crippen molar-refractivity contribution < 1.29 is 14.2 Å². The summed E-state index contributed by atoms with van der Waals surface area (Å²) < 4.78 is 16.0. The van der Waals surface area contributed by atoms with Gasteiger partial charge in [-0.05, 0) is 35.4 Å². The fraction of sp³-hybridized carbons (Fsp3) is 0.333. The number of rotatable bonds is 6. The Labute approximate surface area is 125 Å². The zero-order valence-electron chi connectivity index (χ0n) is 12.4. The molecule has 0 N–H and O–H groups in total. The lowest BCUT2D eigenvalue weighted by atomic mass is 9.93. The second kappa shape index (κ2) is 6.19. The van der Waals surface area contributed by atoms with Gasteiger partial charge in [0, 0.05) is 5.92 Å². The summed E-state index contributed by atoms with van der Waals surface area (Å²) in [7, 11) is 1.68. The first kappa shape index (κ1) is 14.0. The van der Waals surface area contributed by atoms with Crippen molar-refractivity contribution in [2.24, 2.45) is 0 Å². The van der Waals surface area contributed by atoms with Gasteiger partial charge in [-0.15, -0.1) is 0 Å². The van der Waals surface area contributed by atoms with E-state index in [0.717, 1.165) is 18.1 Å². The van der Waals surface area contributed by atoms with E-state index in [1.807, 2.05) is 24.3 Å². The van der Waals surface area contributed by atoms with E-state index >= 15 is 0 Å². The summed E-state index contributed by atoms with van der Waals surface area (Å²) in [6.45, 7) is 3.68. The van der Waals surface area contributed by atoms with Gasteiger partial charge in [-0.3, -0.25) is 0 Å². The van der Waals surface area contributed by atoms with Crippen molar-refractivity contribution in [3.63, 3.8) is 0 Å². The van der Waals surface area contributed by atoms with Crippen molar-refractivity contribution in [2.75, 3.05) is 20.3 Å². The third-order valence-corrected chi connectivity index (χ3v) is 3.83. The van der Waals surface area contributed by atoms with Gasteiger partial charge in [0.2, 0.25) is 0 Å². The SMILES string of the molecule is COc1ccc(C(C)c2ccc(OCC3CO3)cc2)cc1. The van der Waals surface area contributed by atoms with Crippen LogP contribution in [0.25, 0.3) is 0 Å². The Morgan fingerprint density at radius 3 is 2.00 bits per heavy atom.